The maximum absolute atomic E-state index is 5.72. The van der Waals surface area contributed by atoms with E-state index in [-0.39, 0.29) is 0 Å². The molecule has 1 heterocycles. The number of nitrogens with zero attached hydrogens (tertiary/aromatic N) is 2. The third-order valence-electron chi connectivity index (χ3n) is 3.97. The Morgan fingerprint density at radius 1 is 1.38 bits per heavy atom. The summed E-state index contributed by atoms with van der Waals surface area (Å²) in [7, 11) is 2.27. The number of rotatable bonds is 5. The molecule has 3 heteroatoms. The molecule has 0 aromatic heterocycles. The minimum atomic E-state index is 0.723. The highest BCUT2D eigenvalue weighted by Gasteiger charge is 2.25. The molecule has 1 rings (SSSR count). The van der Waals surface area contributed by atoms with Gasteiger partial charge in [-0.15, -0.1) is 0 Å². The zero-order chi connectivity index (χ0) is 12.1. The van der Waals surface area contributed by atoms with Crippen LogP contribution in [0.25, 0.3) is 0 Å². The summed E-state index contributed by atoms with van der Waals surface area (Å²) in [4.78, 5) is 4.76. The Kier molecular flexibility index (Phi) is 5.13. The van der Waals surface area contributed by atoms with E-state index in [9.17, 15) is 0 Å². The predicted octanol–water partition coefficient (Wildman–Crippen LogP) is 2.00. The highest BCUT2D eigenvalue weighted by atomic mass is 15.2. The molecule has 94 valence electrons. The SMILES string of the molecule is C=C(N)N1CCC(N(C)C(CC)CC)CC1. The summed E-state index contributed by atoms with van der Waals surface area (Å²) in [5.74, 6) is 0.726. The number of piperidine rings is 1. The standard InChI is InChI=1S/C13H27N3/c1-5-12(6-2)15(4)13-7-9-16(10-8-13)11(3)14/h12-13H,3,5-10,14H2,1-2,4H3. The molecule has 1 fully saturated rings. The lowest BCUT2D eigenvalue weighted by Crippen LogP contribution is -2.47. The van der Waals surface area contributed by atoms with Gasteiger partial charge in [-0.2, -0.15) is 0 Å². The second-order valence-corrected chi connectivity index (χ2v) is 4.85. The molecule has 1 saturated heterocycles. The molecule has 0 atom stereocenters. The van der Waals surface area contributed by atoms with Gasteiger partial charge in [0.1, 0.15) is 0 Å². The molecule has 2 N–H and O–H groups in total. The van der Waals surface area contributed by atoms with Crippen molar-refractivity contribution in [1.29, 1.82) is 0 Å². The van der Waals surface area contributed by atoms with Gasteiger partial charge in [0, 0.05) is 25.2 Å². The average molecular weight is 225 g/mol. The van der Waals surface area contributed by atoms with Crippen molar-refractivity contribution in [3.8, 4) is 0 Å². The summed E-state index contributed by atoms with van der Waals surface area (Å²) < 4.78 is 0. The molecule has 0 aromatic rings. The predicted molar refractivity (Wildman–Crippen MR) is 70.1 cm³/mol. The average Bonchev–Trinajstić information content (AvgIpc) is 2.30. The van der Waals surface area contributed by atoms with Gasteiger partial charge in [0.25, 0.3) is 0 Å². The lowest BCUT2D eigenvalue weighted by molar-refractivity contribution is 0.105. The third kappa shape index (κ3) is 3.14. The van der Waals surface area contributed by atoms with Crippen LogP contribution in [0.5, 0.6) is 0 Å². The number of likely N-dealkylation sites (tertiary alicyclic amines) is 1. The van der Waals surface area contributed by atoms with Crippen molar-refractivity contribution >= 4 is 0 Å². The molecular weight excluding hydrogens is 198 g/mol. The maximum Gasteiger partial charge on any atom is 0.0912 e. The van der Waals surface area contributed by atoms with Crippen LogP contribution in [0.2, 0.25) is 0 Å². The zero-order valence-corrected chi connectivity index (χ0v) is 11.1. The van der Waals surface area contributed by atoms with Crippen LogP contribution >= 0.6 is 0 Å². The van der Waals surface area contributed by atoms with E-state index >= 15 is 0 Å². The van der Waals surface area contributed by atoms with Crippen LogP contribution in [0.4, 0.5) is 0 Å². The largest absolute Gasteiger partial charge is 0.386 e. The molecule has 16 heavy (non-hydrogen) atoms. The van der Waals surface area contributed by atoms with Gasteiger partial charge in [-0.1, -0.05) is 20.4 Å². The molecule has 0 radical (unpaired) electrons. The van der Waals surface area contributed by atoms with E-state index in [1.165, 1.54) is 25.7 Å². The van der Waals surface area contributed by atoms with Gasteiger partial charge in [0.15, 0.2) is 0 Å². The molecule has 0 bridgehead atoms. The van der Waals surface area contributed by atoms with Gasteiger partial charge in [-0.3, -0.25) is 0 Å². The Bertz CT molecular complexity index is 215. The fraction of sp³-hybridized carbons (Fsp3) is 0.846. The molecule has 3 nitrogen and oxygen atoms in total. The van der Waals surface area contributed by atoms with Crippen LogP contribution in [0.15, 0.2) is 12.4 Å². The first-order valence-electron chi connectivity index (χ1n) is 6.51. The lowest BCUT2D eigenvalue weighted by atomic mass is 10.00. The fourth-order valence-electron chi connectivity index (χ4n) is 2.72. The normalized spacial score (nSPS) is 18.4. The molecule has 1 aliphatic heterocycles. The first-order chi connectivity index (χ1) is 7.60. The fourth-order valence-corrected chi connectivity index (χ4v) is 2.72. The summed E-state index contributed by atoms with van der Waals surface area (Å²) in [6, 6.07) is 1.46. The maximum atomic E-state index is 5.72. The van der Waals surface area contributed by atoms with E-state index in [1.54, 1.807) is 0 Å². The summed E-state index contributed by atoms with van der Waals surface area (Å²) in [6.45, 7) is 10.5. The summed E-state index contributed by atoms with van der Waals surface area (Å²) in [5, 5.41) is 0. The molecule has 0 aromatic carbocycles. The van der Waals surface area contributed by atoms with Gasteiger partial charge in [-0.05, 0) is 32.7 Å². The Morgan fingerprint density at radius 2 is 1.88 bits per heavy atom. The van der Waals surface area contributed by atoms with E-state index in [0.717, 1.165) is 31.0 Å². The van der Waals surface area contributed by atoms with Gasteiger partial charge in [0.05, 0.1) is 5.82 Å². The van der Waals surface area contributed by atoms with Crippen molar-refractivity contribution in [3.63, 3.8) is 0 Å². The Morgan fingerprint density at radius 3 is 2.25 bits per heavy atom. The van der Waals surface area contributed by atoms with Gasteiger partial charge < -0.3 is 15.5 Å². The van der Waals surface area contributed by atoms with E-state index < -0.39 is 0 Å². The Balaban J connectivity index is 2.43. The van der Waals surface area contributed by atoms with E-state index in [1.807, 2.05) is 0 Å². The highest BCUT2D eigenvalue weighted by molar-refractivity contribution is 4.92. The second-order valence-electron chi connectivity index (χ2n) is 4.85. The van der Waals surface area contributed by atoms with Crippen LogP contribution < -0.4 is 5.73 Å². The number of hydrogen-bond acceptors (Lipinski definition) is 3. The molecule has 0 amide bonds. The van der Waals surface area contributed by atoms with Crippen LogP contribution in [0.1, 0.15) is 39.5 Å². The lowest BCUT2D eigenvalue weighted by Gasteiger charge is -2.40. The molecular formula is C13H27N3. The molecule has 0 aliphatic carbocycles. The van der Waals surface area contributed by atoms with E-state index in [0.29, 0.717) is 0 Å². The first-order valence-corrected chi connectivity index (χ1v) is 6.51. The Hall–Kier alpha value is -0.700. The van der Waals surface area contributed by atoms with Crippen molar-refractivity contribution in [1.82, 2.24) is 9.80 Å². The van der Waals surface area contributed by atoms with Crippen LogP contribution in [0, 0.1) is 0 Å². The Labute approximate surface area is 100 Å². The molecule has 0 unspecified atom stereocenters. The summed E-state index contributed by atoms with van der Waals surface area (Å²) in [5.41, 5.74) is 5.72. The van der Waals surface area contributed by atoms with Crippen molar-refractivity contribution in [2.75, 3.05) is 20.1 Å². The highest BCUT2D eigenvalue weighted by Crippen LogP contribution is 2.20. The van der Waals surface area contributed by atoms with Crippen molar-refractivity contribution in [2.45, 2.75) is 51.6 Å². The monoisotopic (exact) mass is 225 g/mol. The van der Waals surface area contributed by atoms with Crippen LogP contribution in [0.3, 0.4) is 0 Å². The van der Waals surface area contributed by atoms with Gasteiger partial charge in [-0.25, -0.2) is 0 Å². The second kappa shape index (κ2) is 6.14. The van der Waals surface area contributed by atoms with E-state index in [4.69, 9.17) is 5.73 Å². The topological polar surface area (TPSA) is 32.5 Å². The smallest absolute Gasteiger partial charge is 0.0912 e. The minimum absolute atomic E-state index is 0.723. The summed E-state index contributed by atoms with van der Waals surface area (Å²) >= 11 is 0. The van der Waals surface area contributed by atoms with Crippen molar-refractivity contribution < 1.29 is 0 Å². The van der Waals surface area contributed by atoms with Crippen molar-refractivity contribution in [3.05, 3.63) is 12.4 Å². The zero-order valence-electron chi connectivity index (χ0n) is 11.1. The molecule has 0 saturated carbocycles. The first kappa shape index (κ1) is 13.4. The molecule has 0 spiro atoms. The molecule has 1 aliphatic rings. The van der Waals surface area contributed by atoms with Gasteiger partial charge >= 0.3 is 0 Å². The van der Waals surface area contributed by atoms with Crippen LogP contribution in [-0.4, -0.2) is 42.0 Å². The third-order valence-corrected chi connectivity index (χ3v) is 3.97. The van der Waals surface area contributed by atoms with Crippen molar-refractivity contribution in [2.24, 2.45) is 5.73 Å². The summed E-state index contributed by atoms with van der Waals surface area (Å²) in [6.07, 6.45) is 4.92. The van der Waals surface area contributed by atoms with E-state index in [2.05, 4.69) is 37.3 Å². The number of nitrogens with two attached hydrogens (primary N) is 1. The van der Waals surface area contributed by atoms with Gasteiger partial charge in [0.2, 0.25) is 0 Å². The number of hydrogen-bond donors (Lipinski definition) is 1. The van der Waals surface area contributed by atoms with Crippen LogP contribution in [-0.2, 0) is 0 Å². The minimum Gasteiger partial charge on any atom is -0.386 e. The quantitative estimate of drug-likeness (QED) is 0.777.